The number of hydrogen-bond donors (Lipinski definition) is 0. The van der Waals surface area contributed by atoms with E-state index in [0.29, 0.717) is 26.3 Å². The van der Waals surface area contributed by atoms with E-state index in [0.717, 1.165) is 27.7 Å². The molecule has 3 heterocycles. The molecule has 0 unspecified atom stereocenters. The van der Waals surface area contributed by atoms with Gasteiger partial charge in [-0.15, -0.1) is 0 Å². The number of benzene rings is 1. The standard InChI is InChI=1S/C18H18N2O3/c1-22-13-5-6-14-16(12-13)20-7-3-2-4-15(20)17(14)18(21)19-8-10-23-11-9-19/h2-7,12H,8-11H2,1H3. The molecule has 0 radical (unpaired) electrons. The lowest BCUT2D eigenvalue weighted by atomic mass is 10.1. The van der Waals surface area contributed by atoms with E-state index in [2.05, 4.69) is 0 Å². The number of aromatic nitrogens is 1. The van der Waals surface area contributed by atoms with Crippen molar-refractivity contribution in [2.45, 2.75) is 0 Å². The molecule has 1 aliphatic rings. The molecule has 5 nitrogen and oxygen atoms in total. The zero-order valence-electron chi connectivity index (χ0n) is 13.0. The van der Waals surface area contributed by atoms with Crippen LogP contribution >= 0.6 is 0 Å². The minimum absolute atomic E-state index is 0.0668. The van der Waals surface area contributed by atoms with Gasteiger partial charge >= 0.3 is 0 Å². The van der Waals surface area contributed by atoms with Gasteiger partial charge in [-0.05, 0) is 24.3 Å². The Bertz CT molecular complexity index is 878. The molecule has 4 rings (SSSR count). The van der Waals surface area contributed by atoms with Crippen LogP contribution in [0.1, 0.15) is 10.4 Å². The summed E-state index contributed by atoms with van der Waals surface area (Å²) in [6.45, 7) is 2.48. The SMILES string of the molecule is COc1ccc2c(C(=O)N3CCOCC3)c3ccccn3c2c1. The van der Waals surface area contributed by atoms with Gasteiger partial charge in [0.05, 0.1) is 36.9 Å². The number of ether oxygens (including phenoxy) is 2. The van der Waals surface area contributed by atoms with Gasteiger partial charge in [0.2, 0.25) is 0 Å². The molecule has 1 saturated heterocycles. The Morgan fingerprint density at radius 1 is 1.13 bits per heavy atom. The highest BCUT2D eigenvalue weighted by Gasteiger charge is 2.24. The Balaban J connectivity index is 1.94. The Morgan fingerprint density at radius 3 is 2.74 bits per heavy atom. The maximum Gasteiger partial charge on any atom is 0.256 e. The maximum atomic E-state index is 13.1. The normalized spacial score (nSPS) is 15.3. The second-order valence-corrected chi connectivity index (χ2v) is 5.62. The molecule has 0 spiro atoms. The quantitative estimate of drug-likeness (QED) is 0.730. The van der Waals surface area contributed by atoms with Gasteiger partial charge in [0.1, 0.15) is 5.75 Å². The molecule has 1 aliphatic heterocycles. The first-order chi connectivity index (χ1) is 11.3. The molecule has 0 bridgehead atoms. The number of amides is 1. The number of carbonyl (C=O) groups excluding carboxylic acids is 1. The molecule has 2 aromatic heterocycles. The fourth-order valence-electron chi connectivity index (χ4n) is 3.19. The predicted octanol–water partition coefficient (Wildman–Crippen LogP) is 2.57. The van der Waals surface area contributed by atoms with Crippen LogP contribution in [0.5, 0.6) is 5.75 Å². The lowest BCUT2D eigenvalue weighted by Crippen LogP contribution is -2.40. The minimum Gasteiger partial charge on any atom is -0.497 e. The maximum absolute atomic E-state index is 13.1. The zero-order chi connectivity index (χ0) is 15.8. The van der Waals surface area contributed by atoms with Gasteiger partial charge < -0.3 is 18.8 Å². The van der Waals surface area contributed by atoms with Gasteiger partial charge in [-0.3, -0.25) is 4.79 Å². The van der Waals surface area contributed by atoms with Crippen molar-refractivity contribution in [2.24, 2.45) is 0 Å². The topological polar surface area (TPSA) is 43.2 Å². The molecular formula is C18H18N2O3. The first kappa shape index (κ1) is 14.1. The summed E-state index contributed by atoms with van der Waals surface area (Å²) in [5.74, 6) is 0.850. The molecule has 5 heteroatoms. The minimum atomic E-state index is 0.0668. The van der Waals surface area contributed by atoms with Crippen molar-refractivity contribution in [1.29, 1.82) is 0 Å². The van der Waals surface area contributed by atoms with Crippen LogP contribution in [0.3, 0.4) is 0 Å². The number of carbonyl (C=O) groups is 1. The van der Waals surface area contributed by atoms with E-state index in [1.165, 1.54) is 0 Å². The second kappa shape index (κ2) is 5.59. The summed E-state index contributed by atoms with van der Waals surface area (Å²) in [6, 6.07) is 11.8. The van der Waals surface area contributed by atoms with Crippen LogP contribution in [0.4, 0.5) is 0 Å². The highest BCUT2D eigenvalue weighted by atomic mass is 16.5. The van der Waals surface area contributed by atoms with E-state index in [1.807, 2.05) is 51.9 Å². The zero-order valence-corrected chi connectivity index (χ0v) is 13.0. The van der Waals surface area contributed by atoms with Crippen LogP contribution in [0.25, 0.3) is 16.4 Å². The average Bonchev–Trinajstić information content (AvgIpc) is 2.95. The van der Waals surface area contributed by atoms with Crippen molar-refractivity contribution in [3.05, 3.63) is 48.2 Å². The van der Waals surface area contributed by atoms with Gasteiger partial charge in [0.15, 0.2) is 0 Å². The lowest BCUT2D eigenvalue weighted by Gasteiger charge is -2.26. The van der Waals surface area contributed by atoms with Crippen molar-refractivity contribution in [2.75, 3.05) is 33.4 Å². The summed E-state index contributed by atoms with van der Waals surface area (Å²) in [7, 11) is 1.65. The van der Waals surface area contributed by atoms with Crippen molar-refractivity contribution in [3.8, 4) is 5.75 Å². The molecule has 0 N–H and O–H groups in total. The van der Waals surface area contributed by atoms with Gasteiger partial charge in [0, 0.05) is 30.7 Å². The molecule has 1 fully saturated rings. The summed E-state index contributed by atoms with van der Waals surface area (Å²) < 4.78 is 12.7. The van der Waals surface area contributed by atoms with Crippen molar-refractivity contribution in [1.82, 2.24) is 9.30 Å². The molecular weight excluding hydrogens is 292 g/mol. The Morgan fingerprint density at radius 2 is 1.96 bits per heavy atom. The second-order valence-electron chi connectivity index (χ2n) is 5.62. The first-order valence-electron chi connectivity index (χ1n) is 7.73. The van der Waals surface area contributed by atoms with E-state index >= 15 is 0 Å². The average molecular weight is 310 g/mol. The van der Waals surface area contributed by atoms with E-state index in [9.17, 15) is 4.79 Å². The number of hydrogen-bond acceptors (Lipinski definition) is 3. The number of pyridine rings is 1. The largest absolute Gasteiger partial charge is 0.497 e. The summed E-state index contributed by atoms with van der Waals surface area (Å²) in [5.41, 5.74) is 2.66. The third-order valence-electron chi connectivity index (χ3n) is 4.36. The summed E-state index contributed by atoms with van der Waals surface area (Å²) in [4.78, 5) is 14.9. The van der Waals surface area contributed by atoms with Gasteiger partial charge in [-0.25, -0.2) is 0 Å². The van der Waals surface area contributed by atoms with Gasteiger partial charge in [-0.1, -0.05) is 6.07 Å². The molecule has 1 aromatic carbocycles. The van der Waals surface area contributed by atoms with Crippen LogP contribution in [0.2, 0.25) is 0 Å². The van der Waals surface area contributed by atoms with Crippen LogP contribution in [0, 0.1) is 0 Å². The van der Waals surface area contributed by atoms with Gasteiger partial charge in [-0.2, -0.15) is 0 Å². The van der Waals surface area contributed by atoms with E-state index in [1.54, 1.807) is 7.11 Å². The summed E-state index contributed by atoms with van der Waals surface area (Å²) in [5, 5.41) is 0.952. The number of morpholine rings is 1. The van der Waals surface area contributed by atoms with Crippen LogP contribution < -0.4 is 4.74 Å². The van der Waals surface area contributed by atoms with Crippen molar-refractivity contribution < 1.29 is 14.3 Å². The summed E-state index contributed by atoms with van der Waals surface area (Å²) in [6.07, 6.45) is 1.98. The highest BCUT2D eigenvalue weighted by molar-refractivity contribution is 6.14. The predicted molar refractivity (Wildman–Crippen MR) is 88.2 cm³/mol. The molecule has 1 amide bonds. The molecule has 0 aliphatic carbocycles. The summed E-state index contributed by atoms with van der Waals surface area (Å²) >= 11 is 0. The van der Waals surface area contributed by atoms with E-state index < -0.39 is 0 Å². The molecule has 118 valence electrons. The van der Waals surface area contributed by atoms with Crippen LogP contribution in [-0.4, -0.2) is 48.6 Å². The third kappa shape index (κ3) is 2.24. The van der Waals surface area contributed by atoms with Crippen molar-refractivity contribution >= 4 is 22.3 Å². The Kier molecular flexibility index (Phi) is 3.42. The number of fused-ring (bicyclic) bond motifs is 3. The first-order valence-corrected chi connectivity index (χ1v) is 7.73. The molecule has 3 aromatic rings. The molecule has 0 saturated carbocycles. The Labute approximate surface area is 134 Å². The van der Waals surface area contributed by atoms with E-state index in [-0.39, 0.29) is 5.91 Å². The fourth-order valence-corrected chi connectivity index (χ4v) is 3.19. The third-order valence-corrected chi connectivity index (χ3v) is 4.36. The van der Waals surface area contributed by atoms with Crippen LogP contribution in [0.15, 0.2) is 42.6 Å². The van der Waals surface area contributed by atoms with Crippen molar-refractivity contribution in [3.63, 3.8) is 0 Å². The Hall–Kier alpha value is -2.53. The molecule has 0 atom stereocenters. The monoisotopic (exact) mass is 310 g/mol. The number of methoxy groups -OCH3 is 1. The van der Waals surface area contributed by atoms with Crippen LogP contribution in [-0.2, 0) is 4.74 Å². The van der Waals surface area contributed by atoms with Gasteiger partial charge in [0.25, 0.3) is 5.91 Å². The lowest BCUT2D eigenvalue weighted by molar-refractivity contribution is 0.0305. The molecule has 23 heavy (non-hydrogen) atoms. The number of nitrogens with zero attached hydrogens (tertiary/aromatic N) is 2. The smallest absolute Gasteiger partial charge is 0.256 e. The number of rotatable bonds is 2. The van der Waals surface area contributed by atoms with E-state index in [4.69, 9.17) is 9.47 Å². The fraction of sp³-hybridized carbons (Fsp3) is 0.278. The highest BCUT2D eigenvalue weighted by Crippen LogP contribution is 2.30.